The van der Waals surface area contributed by atoms with Gasteiger partial charge in [0.2, 0.25) is 0 Å². The van der Waals surface area contributed by atoms with E-state index < -0.39 is 0 Å². The van der Waals surface area contributed by atoms with Crippen molar-refractivity contribution >= 4 is 0 Å². The number of likely N-dealkylation sites (N-methyl/N-ethyl adjacent to an activating group) is 1. The highest BCUT2D eigenvalue weighted by Gasteiger charge is 2.64. The van der Waals surface area contributed by atoms with Gasteiger partial charge in [-0.15, -0.1) is 0 Å². The van der Waals surface area contributed by atoms with Gasteiger partial charge in [0, 0.05) is 28.8 Å². The monoisotopic (exact) mass is 396 g/mol. The smallest absolute Gasteiger partial charge is 0.166 e. The quantitative estimate of drug-likeness (QED) is 0.668. The van der Waals surface area contributed by atoms with E-state index >= 15 is 0 Å². The van der Waals surface area contributed by atoms with Gasteiger partial charge in [-0.25, -0.2) is 0 Å². The minimum atomic E-state index is -0.102. The summed E-state index contributed by atoms with van der Waals surface area (Å²) < 4.78 is 6.59. The van der Waals surface area contributed by atoms with Crippen LogP contribution in [0.4, 0.5) is 0 Å². The molecule has 7 rings (SSSR count). The number of nitrogens with zero attached hydrogens (tertiary/aromatic N) is 2. The maximum atomic E-state index is 10.6. The Hall–Kier alpha value is -2.85. The van der Waals surface area contributed by atoms with Gasteiger partial charge in [0.25, 0.3) is 0 Å². The van der Waals surface area contributed by atoms with Gasteiger partial charge in [-0.1, -0.05) is 36.4 Å². The van der Waals surface area contributed by atoms with Gasteiger partial charge in [-0.05, 0) is 67.6 Å². The predicted octanol–water partition coefficient (Wildman–Crippen LogP) is 4.26. The molecule has 3 aromatic rings. The second-order valence-corrected chi connectivity index (χ2v) is 9.43. The molecule has 4 nitrogen and oxygen atoms in total. The van der Waals surface area contributed by atoms with E-state index in [2.05, 4.69) is 48.3 Å². The van der Waals surface area contributed by atoms with Crippen molar-refractivity contribution < 1.29 is 9.84 Å². The Labute approximate surface area is 176 Å². The first-order chi connectivity index (χ1) is 14.7. The molecule has 4 aliphatic rings. The lowest BCUT2D eigenvalue weighted by Crippen LogP contribution is -2.62. The molecular formula is C26H24N2O2. The molecule has 0 radical (unpaired) electrons. The van der Waals surface area contributed by atoms with Gasteiger partial charge in [0.05, 0.1) is 5.69 Å². The molecule has 2 aliphatic carbocycles. The van der Waals surface area contributed by atoms with E-state index in [0.717, 1.165) is 31.5 Å². The number of rotatable bonds is 1. The second-order valence-electron chi connectivity index (χ2n) is 9.43. The van der Waals surface area contributed by atoms with Crippen molar-refractivity contribution in [3.8, 4) is 22.6 Å². The molecular weight excluding hydrogens is 372 g/mol. The van der Waals surface area contributed by atoms with Crippen molar-refractivity contribution in [2.24, 2.45) is 5.92 Å². The molecule has 1 fully saturated rings. The number of aromatic hydroxyl groups is 1. The highest BCUT2D eigenvalue weighted by Crippen LogP contribution is 2.66. The van der Waals surface area contributed by atoms with Crippen LogP contribution in [0.2, 0.25) is 0 Å². The van der Waals surface area contributed by atoms with Crippen molar-refractivity contribution in [1.29, 1.82) is 0 Å². The van der Waals surface area contributed by atoms with E-state index in [9.17, 15) is 5.11 Å². The molecule has 4 atom stereocenters. The molecule has 1 aromatic heterocycles. The number of phenols is 1. The highest BCUT2D eigenvalue weighted by atomic mass is 16.5. The maximum Gasteiger partial charge on any atom is 0.166 e. The minimum Gasteiger partial charge on any atom is -0.504 e. The first kappa shape index (κ1) is 16.9. The zero-order valence-electron chi connectivity index (χ0n) is 17.0. The lowest BCUT2D eigenvalue weighted by Gasteiger charge is -2.57. The molecule has 0 unspecified atom stereocenters. The van der Waals surface area contributed by atoms with Crippen molar-refractivity contribution in [3.05, 3.63) is 77.1 Å². The summed E-state index contributed by atoms with van der Waals surface area (Å²) in [6, 6.07) is 17.2. The van der Waals surface area contributed by atoms with Gasteiger partial charge >= 0.3 is 0 Å². The van der Waals surface area contributed by atoms with E-state index in [1.807, 2.05) is 18.3 Å². The fourth-order valence-corrected chi connectivity index (χ4v) is 6.85. The molecule has 1 spiro atoms. The van der Waals surface area contributed by atoms with E-state index in [0.29, 0.717) is 17.7 Å². The van der Waals surface area contributed by atoms with Crippen LogP contribution in [0.3, 0.4) is 0 Å². The van der Waals surface area contributed by atoms with E-state index in [-0.39, 0.29) is 17.3 Å². The molecule has 0 amide bonds. The Bertz CT molecular complexity index is 1190. The van der Waals surface area contributed by atoms with Gasteiger partial charge in [0.1, 0.15) is 0 Å². The average molecular weight is 396 g/mol. The van der Waals surface area contributed by atoms with Crippen LogP contribution in [0.1, 0.15) is 34.9 Å². The third-order valence-corrected chi connectivity index (χ3v) is 8.19. The summed E-state index contributed by atoms with van der Waals surface area (Å²) in [6.07, 6.45) is 5.00. The van der Waals surface area contributed by atoms with Crippen molar-refractivity contribution in [2.45, 2.75) is 36.8 Å². The summed E-state index contributed by atoms with van der Waals surface area (Å²) in [6.45, 7) is 1.06. The lowest BCUT2D eigenvalue weighted by atomic mass is 9.51. The standard InChI is InChI=1S/C26H24N2O2/c1-28-10-9-26-19-12-17-11-18(15-5-3-2-4-6-15)14-27-23(17)25(26)30-24-21(29)8-7-16(22(24)26)13-20(19)28/h2-8,11,14,19-20,25,29H,9-10,12-13H2,1H3/t19-,20-,25-,26-/m0/s1. The Morgan fingerprint density at radius 3 is 2.80 bits per heavy atom. The third kappa shape index (κ3) is 1.93. The predicted molar refractivity (Wildman–Crippen MR) is 115 cm³/mol. The Kier molecular flexibility index (Phi) is 3.18. The van der Waals surface area contributed by atoms with Crippen LogP contribution in [-0.4, -0.2) is 34.6 Å². The number of pyridine rings is 1. The van der Waals surface area contributed by atoms with Crippen LogP contribution >= 0.6 is 0 Å². The number of benzene rings is 2. The van der Waals surface area contributed by atoms with Crippen LogP contribution in [0.5, 0.6) is 11.5 Å². The molecule has 0 saturated carbocycles. The van der Waals surface area contributed by atoms with Crippen molar-refractivity contribution in [1.82, 2.24) is 9.88 Å². The fourth-order valence-electron chi connectivity index (χ4n) is 6.85. The van der Waals surface area contributed by atoms with Gasteiger partial charge in [-0.2, -0.15) is 0 Å². The largest absolute Gasteiger partial charge is 0.504 e. The van der Waals surface area contributed by atoms with E-state index in [4.69, 9.17) is 9.72 Å². The van der Waals surface area contributed by atoms with Crippen LogP contribution < -0.4 is 4.74 Å². The topological polar surface area (TPSA) is 45.6 Å². The molecule has 150 valence electrons. The number of hydrogen-bond donors (Lipinski definition) is 1. The molecule has 4 heteroatoms. The number of phenolic OH excluding ortho intramolecular Hbond substituents is 1. The maximum absolute atomic E-state index is 10.6. The highest BCUT2D eigenvalue weighted by molar-refractivity contribution is 5.66. The molecule has 2 aliphatic heterocycles. The molecule has 2 bridgehead atoms. The molecule has 3 heterocycles. The summed E-state index contributed by atoms with van der Waals surface area (Å²) in [5.74, 6) is 1.47. The van der Waals surface area contributed by atoms with Crippen LogP contribution in [-0.2, 0) is 18.3 Å². The van der Waals surface area contributed by atoms with E-state index in [1.54, 1.807) is 0 Å². The summed E-state index contributed by atoms with van der Waals surface area (Å²) in [4.78, 5) is 7.52. The summed E-state index contributed by atoms with van der Waals surface area (Å²) >= 11 is 0. The SMILES string of the molecule is CN1CC[C@]23c4c5ccc(O)c4O[C@H]2c2ncc(-c4ccccc4)cc2C[C@H]3[C@@H]1C5. The van der Waals surface area contributed by atoms with Gasteiger partial charge < -0.3 is 14.7 Å². The zero-order valence-corrected chi connectivity index (χ0v) is 17.0. The minimum absolute atomic E-state index is 0.0624. The third-order valence-electron chi connectivity index (χ3n) is 8.19. The number of likely N-dealkylation sites (tertiary alicyclic amines) is 1. The summed E-state index contributed by atoms with van der Waals surface area (Å²) in [5, 5.41) is 10.6. The van der Waals surface area contributed by atoms with Crippen LogP contribution in [0.15, 0.2) is 54.7 Å². The lowest BCUT2D eigenvalue weighted by molar-refractivity contribution is -0.0260. The first-order valence-electron chi connectivity index (χ1n) is 10.9. The van der Waals surface area contributed by atoms with Gasteiger partial charge in [0.15, 0.2) is 17.6 Å². The Balaban J connectivity index is 1.45. The fraction of sp³-hybridized carbons (Fsp3) is 0.346. The molecule has 1 N–H and O–H groups in total. The van der Waals surface area contributed by atoms with E-state index in [1.165, 1.54) is 27.8 Å². The number of fused-ring (bicyclic) bond motifs is 2. The summed E-state index contributed by atoms with van der Waals surface area (Å²) in [5.41, 5.74) is 7.30. The number of ether oxygens (including phenoxy) is 1. The normalized spacial score (nSPS) is 30.4. The second kappa shape index (κ2) is 5.64. The van der Waals surface area contributed by atoms with Crippen LogP contribution in [0.25, 0.3) is 11.1 Å². The average Bonchev–Trinajstić information content (AvgIpc) is 3.13. The number of piperidine rings is 1. The first-order valence-corrected chi connectivity index (χ1v) is 10.9. The van der Waals surface area contributed by atoms with Crippen molar-refractivity contribution in [3.63, 3.8) is 0 Å². The Morgan fingerprint density at radius 1 is 1.07 bits per heavy atom. The zero-order chi connectivity index (χ0) is 20.0. The van der Waals surface area contributed by atoms with Crippen LogP contribution in [0, 0.1) is 5.92 Å². The molecule has 30 heavy (non-hydrogen) atoms. The molecule has 2 aromatic carbocycles. The number of aromatic nitrogens is 1. The Morgan fingerprint density at radius 2 is 1.93 bits per heavy atom. The molecule has 1 saturated heterocycles. The van der Waals surface area contributed by atoms with Gasteiger partial charge in [-0.3, -0.25) is 4.98 Å². The number of hydrogen-bond acceptors (Lipinski definition) is 4. The summed E-state index contributed by atoms with van der Waals surface area (Å²) in [7, 11) is 2.27. The van der Waals surface area contributed by atoms with Crippen molar-refractivity contribution in [2.75, 3.05) is 13.6 Å².